The number of primary sulfonamides is 1. The van der Waals surface area contributed by atoms with E-state index in [1.54, 1.807) is 19.1 Å². The molecule has 0 aliphatic rings. The van der Waals surface area contributed by atoms with Gasteiger partial charge in [-0.05, 0) is 31.0 Å². The maximum absolute atomic E-state index is 11.2. The number of sulfonamides is 1. The Morgan fingerprint density at radius 2 is 1.96 bits per heavy atom. The summed E-state index contributed by atoms with van der Waals surface area (Å²) in [6.45, 7) is 1.87. The quantitative estimate of drug-likeness (QED) is 0.668. The molecule has 0 aliphatic carbocycles. The lowest BCUT2D eigenvalue weighted by Gasteiger charge is -2.07. The van der Waals surface area contributed by atoms with Gasteiger partial charge in [-0.2, -0.15) is 0 Å². The zero-order valence-corrected chi connectivity index (χ0v) is 14.0. The second-order valence-electron chi connectivity index (χ2n) is 5.26. The van der Waals surface area contributed by atoms with Crippen LogP contribution in [0, 0.1) is 6.92 Å². The zero-order chi connectivity index (χ0) is 17.7. The molecule has 2 rings (SSSR count). The van der Waals surface area contributed by atoms with Crippen molar-refractivity contribution in [3.63, 3.8) is 0 Å². The average molecular weight is 349 g/mol. The van der Waals surface area contributed by atoms with Crippen LogP contribution in [0.15, 0.2) is 40.4 Å². The number of nitrogens with zero attached hydrogens (tertiary/aromatic N) is 2. The lowest BCUT2D eigenvalue weighted by Crippen LogP contribution is -2.11. The normalized spacial score (nSPS) is 12.0. The Labute approximate surface area is 140 Å². The van der Waals surface area contributed by atoms with Crippen molar-refractivity contribution < 1.29 is 18.6 Å². The first-order valence-corrected chi connectivity index (χ1v) is 8.77. The molecule has 0 fully saturated rings. The van der Waals surface area contributed by atoms with Gasteiger partial charge in [-0.3, -0.25) is 9.98 Å². The van der Waals surface area contributed by atoms with Gasteiger partial charge in [0.05, 0.1) is 17.2 Å². The van der Waals surface area contributed by atoms with Gasteiger partial charge in [0.2, 0.25) is 10.0 Å². The zero-order valence-electron chi connectivity index (χ0n) is 13.2. The van der Waals surface area contributed by atoms with E-state index in [0.717, 1.165) is 5.56 Å². The molecule has 24 heavy (non-hydrogen) atoms. The third-order valence-corrected chi connectivity index (χ3v) is 4.46. The number of nitrogens with two attached hydrogens (primary N) is 1. The Bertz CT molecular complexity index is 846. The molecule has 0 radical (unpaired) electrons. The molecule has 0 unspecified atom stereocenters. The van der Waals surface area contributed by atoms with Crippen LogP contribution in [0.4, 0.5) is 0 Å². The minimum Gasteiger partial charge on any atom is -0.505 e. The molecule has 0 saturated heterocycles. The molecule has 1 aromatic heterocycles. The molecule has 8 heteroatoms. The third-order valence-electron chi connectivity index (χ3n) is 3.53. The van der Waals surface area contributed by atoms with Crippen molar-refractivity contribution in [2.24, 2.45) is 10.1 Å². The number of rotatable bonds is 6. The number of hydrogen-bond donors (Lipinski definition) is 3. The molecule has 2 aromatic rings. The fourth-order valence-electron chi connectivity index (χ4n) is 2.12. The van der Waals surface area contributed by atoms with E-state index < -0.39 is 10.0 Å². The molecule has 1 heterocycles. The summed E-state index contributed by atoms with van der Waals surface area (Å²) in [6, 6.07) is 6.28. The Morgan fingerprint density at radius 3 is 2.54 bits per heavy atom. The van der Waals surface area contributed by atoms with Crippen molar-refractivity contribution in [2.75, 3.05) is 6.54 Å². The van der Waals surface area contributed by atoms with Crippen molar-refractivity contribution in [3.05, 3.63) is 52.8 Å². The Morgan fingerprint density at radius 1 is 1.29 bits per heavy atom. The summed E-state index contributed by atoms with van der Waals surface area (Å²) in [5.41, 5.74) is 2.33. The molecule has 0 amide bonds. The number of aliphatic imine (C=N–C) groups is 1. The van der Waals surface area contributed by atoms with Gasteiger partial charge in [0.25, 0.3) is 0 Å². The highest BCUT2D eigenvalue weighted by Crippen LogP contribution is 2.21. The van der Waals surface area contributed by atoms with Crippen LogP contribution in [0.2, 0.25) is 0 Å². The molecule has 7 nitrogen and oxygen atoms in total. The smallest absolute Gasteiger partial charge is 0.238 e. The number of aliphatic hydroxyl groups is 1. The van der Waals surface area contributed by atoms with E-state index in [1.165, 1.54) is 24.5 Å². The largest absolute Gasteiger partial charge is 0.505 e. The highest BCUT2D eigenvalue weighted by molar-refractivity contribution is 7.89. The van der Waals surface area contributed by atoms with E-state index in [1.807, 2.05) is 0 Å². The van der Waals surface area contributed by atoms with Gasteiger partial charge in [-0.1, -0.05) is 12.1 Å². The molecular weight excluding hydrogens is 330 g/mol. The van der Waals surface area contributed by atoms with Gasteiger partial charge in [0.1, 0.15) is 5.75 Å². The van der Waals surface area contributed by atoms with Gasteiger partial charge < -0.3 is 10.2 Å². The topological polar surface area (TPSA) is 126 Å². The van der Waals surface area contributed by atoms with Crippen molar-refractivity contribution >= 4 is 16.2 Å². The Balaban J connectivity index is 2.04. The molecule has 0 spiro atoms. The number of aromatic hydroxyl groups is 1. The van der Waals surface area contributed by atoms with Crippen LogP contribution in [0.1, 0.15) is 22.4 Å². The summed E-state index contributed by atoms with van der Waals surface area (Å²) >= 11 is 0. The van der Waals surface area contributed by atoms with E-state index >= 15 is 0 Å². The van der Waals surface area contributed by atoms with Gasteiger partial charge >= 0.3 is 0 Å². The minimum absolute atomic E-state index is 0.00260. The second-order valence-corrected chi connectivity index (χ2v) is 6.82. The molecule has 4 N–H and O–H groups in total. The highest BCUT2D eigenvalue weighted by atomic mass is 32.2. The van der Waals surface area contributed by atoms with Crippen molar-refractivity contribution in [2.45, 2.75) is 24.8 Å². The predicted molar refractivity (Wildman–Crippen MR) is 90.5 cm³/mol. The fourth-order valence-corrected chi connectivity index (χ4v) is 2.63. The maximum atomic E-state index is 11.2. The SMILES string of the molecule is Cc1ncc(CO)c(C=NCCc2ccc(S(N)(=O)=O)cc2)c1O. The Hall–Kier alpha value is -2.29. The van der Waals surface area contributed by atoms with Crippen LogP contribution in [0.5, 0.6) is 5.75 Å². The van der Waals surface area contributed by atoms with E-state index in [2.05, 4.69) is 9.98 Å². The number of aryl methyl sites for hydroxylation is 1. The van der Waals surface area contributed by atoms with Gasteiger partial charge in [0, 0.05) is 30.1 Å². The van der Waals surface area contributed by atoms with Crippen LogP contribution in [0.3, 0.4) is 0 Å². The maximum Gasteiger partial charge on any atom is 0.238 e. The predicted octanol–water partition coefficient (Wildman–Crippen LogP) is 0.897. The van der Waals surface area contributed by atoms with E-state index in [9.17, 15) is 18.6 Å². The minimum atomic E-state index is -3.68. The second kappa shape index (κ2) is 7.52. The van der Waals surface area contributed by atoms with Crippen LogP contribution in [-0.2, 0) is 23.1 Å². The fraction of sp³-hybridized carbons (Fsp3) is 0.250. The summed E-state index contributed by atoms with van der Waals surface area (Å²) in [6.07, 6.45) is 3.61. The molecule has 0 aliphatic heterocycles. The van der Waals surface area contributed by atoms with Crippen molar-refractivity contribution in [3.8, 4) is 5.75 Å². The average Bonchev–Trinajstić information content (AvgIpc) is 2.55. The standard InChI is InChI=1S/C16H19N3O4S/c1-11-16(21)15(13(10-20)8-19-11)9-18-7-6-12-2-4-14(5-3-12)24(17,22)23/h2-5,8-9,20-21H,6-7,10H2,1H3,(H2,17,22,23). The number of aliphatic hydroxyl groups excluding tert-OH is 1. The molecular formula is C16H19N3O4S. The van der Waals surface area contributed by atoms with Gasteiger partial charge in [0.15, 0.2) is 0 Å². The third kappa shape index (κ3) is 4.38. The molecule has 128 valence electrons. The van der Waals surface area contributed by atoms with Crippen molar-refractivity contribution in [1.82, 2.24) is 4.98 Å². The van der Waals surface area contributed by atoms with Gasteiger partial charge in [-0.25, -0.2) is 13.6 Å². The van der Waals surface area contributed by atoms with E-state index in [-0.39, 0.29) is 17.3 Å². The first kappa shape index (κ1) is 18.1. The summed E-state index contributed by atoms with van der Waals surface area (Å²) in [7, 11) is -3.68. The van der Waals surface area contributed by atoms with Crippen LogP contribution >= 0.6 is 0 Å². The Kier molecular flexibility index (Phi) is 5.66. The number of hydrogen-bond acceptors (Lipinski definition) is 6. The molecule has 0 saturated carbocycles. The van der Waals surface area contributed by atoms with Crippen LogP contribution in [-0.4, -0.2) is 36.4 Å². The monoisotopic (exact) mass is 349 g/mol. The number of pyridine rings is 1. The first-order valence-electron chi connectivity index (χ1n) is 7.23. The lowest BCUT2D eigenvalue weighted by molar-refractivity contribution is 0.280. The lowest BCUT2D eigenvalue weighted by atomic mass is 10.1. The summed E-state index contributed by atoms with van der Waals surface area (Å²) in [4.78, 5) is 8.30. The number of benzene rings is 1. The van der Waals surface area contributed by atoms with E-state index in [4.69, 9.17) is 5.14 Å². The molecule has 0 bridgehead atoms. The first-order chi connectivity index (χ1) is 11.3. The van der Waals surface area contributed by atoms with Crippen LogP contribution < -0.4 is 5.14 Å². The van der Waals surface area contributed by atoms with E-state index in [0.29, 0.717) is 29.8 Å². The summed E-state index contributed by atoms with van der Waals surface area (Å²) < 4.78 is 22.4. The summed E-state index contributed by atoms with van der Waals surface area (Å²) in [5.74, 6) is 0.00260. The molecule has 0 atom stereocenters. The van der Waals surface area contributed by atoms with Crippen molar-refractivity contribution in [1.29, 1.82) is 0 Å². The summed E-state index contributed by atoms with van der Waals surface area (Å²) in [5, 5.41) is 24.3. The molecule has 1 aromatic carbocycles. The van der Waals surface area contributed by atoms with Gasteiger partial charge in [-0.15, -0.1) is 0 Å². The van der Waals surface area contributed by atoms with Crippen LogP contribution in [0.25, 0.3) is 0 Å². The highest BCUT2D eigenvalue weighted by Gasteiger charge is 2.09. The number of aromatic nitrogens is 1.